The molecule has 0 aliphatic heterocycles. The lowest BCUT2D eigenvalue weighted by Crippen LogP contribution is -2.31. The highest BCUT2D eigenvalue weighted by Gasteiger charge is 2.18. The molecule has 1 heterocycles. The number of aromatic hydroxyl groups is 1. The number of rotatable bonds is 6. The van der Waals surface area contributed by atoms with Gasteiger partial charge in [-0.1, -0.05) is 50.2 Å². The van der Waals surface area contributed by atoms with E-state index < -0.39 is 17.0 Å². The predicted molar refractivity (Wildman–Crippen MR) is 122 cm³/mol. The quantitative estimate of drug-likeness (QED) is 0.386. The van der Waals surface area contributed by atoms with E-state index in [4.69, 9.17) is 0 Å². The summed E-state index contributed by atoms with van der Waals surface area (Å²) in [4.78, 5) is 37.1. The van der Waals surface area contributed by atoms with E-state index in [1.165, 1.54) is 26.2 Å². The van der Waals surface area contributed by atoms with Crippen molar-refractivity contribution in [3.63, 3.8) is 0 Å². The van der Waals surface area contributed by atoms with Crippen LogP contribution in [0.4, 0.5) is 17.1 Å². The molecular formula is C22H27N5O4. The van der Waals surface area contributed by atoms with E-state index in [2.05, 4.69) is 21.0 Å². The minimum Gasteiger partial charge on any atom is -0.505 e. The number of benzene rings is 2. The lowest BCUT2D eigenvalue weighted by Gasteiger charge is -2.15. The molecule has 0 fully saturated rings. The molecule has 3 rings (SSSR count). The molecule has 1 amide bonds. The van der Waals surface area contributed by atoms with Crippen molar-refractivity contribution in [3.8, 4) is 5.75 Å². The molecule has 0 spiro atoms. The maximum absolute atomic E-state index is 12.7. The first kappa shape index (κ1) is 23.3. The summed E-state index contributed by atoms with van der Waals surface area (Å²) in [5.41, 5.74) is 0.0492. The molecule has 0 radical (unpaired) electrons. The maximum atomic E-state index is 12.7. The summed E-state index contributed by atoms with van der Waals surface area (Å²) in [5, 5.41) is 21.1. The summed E-state index contributed by atoms with van der Waals surface area (Å²) >= 11 is 0. The van der Waals surface area contributed by atoms with Gasteiger partial charge >= 0.3 is 0 Å². The van der Waals surface area contributed by atoms with Crippen LogP contribution in [-0.2, 0) is 13.6 Å². The Hall–Kier alpha value is -4.01. The van der Waals surface area contributed by atoms with E-state index >= 15 is 0 Å². The van der Waals surface area contributed by atoms with Gasteiger partial charge in [0.1, 0.15) is 11.4 Å². The first-order valence-corrected chi connectivity index (χ1v) is 9.84. The molecule has 0 unspecified atom stereocenters. The number of aryl methyl sites for hydroxylation is 1. The minimum absolute atomic E-state index is 0.0294. The molecule has 2 aromatic carbocycles. The molecular weight excluding hydrogens is 398 g/mol. The van der Waals surface area contributed by atoms with Crippen LogP contribution in [0.2, 0.25) is 0 Å². The monoisotopic (exact) mass is 425 g/mol. The van der Waals surface area contributed by atoms with Crippen LogP contribution in [-0.4, -0.2) is 27.8 Å². The van der Waals surface area contributed by atoms with Gasteiger partial charge < -0.3 is 21.1 Å². The largest absolute Gasteiger partial charge is 0.505 e. The van der Waals surface area contributed by atoms with Gasteiger partial charge in [0.25, 0.3) is 17.0 Å². The lowest BCUT2D eigenvalue weighted by atomic mass is 10.1. The second-order valence-electron chi connectivity index (χ2n) is 6.30. The number of aromatic nitrogens is 2. The number of aromatic amines is 1. The Bertz CT molecular complexity index is 1150. The zero-order valence-electron chi connectivity index (χ0n) is 17.9. The van der Waals surface area contributed by atoms with Crippen molar-refractivity contribution in [1.29, 1.82) is 0 Å². The number of hydrogen-bond acceptors (Lipinski definition) is 6. The fourth-order valence-electron chi connectivity index (χ4n) is 2.82. The van der Waals surface area contributed by atoms with Crippen LogP contribution in [0.1, 0.15) is 29.8 Å². The van der Waals surface area contributed by atoms with E-state index in [0.29, 0.717) is 6.54 Å². The second-order valence-corrected chi connectivity index (χ2v) is 6.30. The summed E-state index contributed by atoms with van der Waals surface area (Å²) in [6.45, 7) is 4.32. The van der Waals surface area contributed by atoms with E-state index in [0.717, 1.165) is 10.2 Å². The molecule has 0 aliphatic rings. The van der Waals surface area contributed by atoms with Gasteiger partial charge in [-0.05, 0) is 17.7 Å². The van der Waals surface area contributed by atoms with Crippen LogP contribution >= 0.6 is 0 Å². The van der Waals surface area contributed by atoms with Crippen molar-refractivity contribution in [2.45, 2.75) is 20.4 Å². The van der Waals surface area contributed by atoms with Crippen molar-refractivity contribution in [3.05, 3.63) is 80.4 Å². The summed E-state index contributed by atoms with van der Waals surface area (Å²) < 4.78 is 1.04. The Morgan fingerprint density at radius 1 is 1.03 bits per heavy atom. The number of carbonyl (C=O) groups excluding carboxylic acids is 1. The van der Waals surface area contributed by atoms with Crippen LogP contribution in [0, 0.1) is 0 Å². The average molecular weight is 425 g/mol. The SMILES string of the molecule is CC.CNC(=O)c1cccc(Nc2c(NCc3ccccc3)c(=O)[nH]n(C)c2=O)c1O. The fraction of sp³-hybridized carbons (Fsp3) is 0.227. The van der Waals surface area contributed by atoms with Gasteiger partial charge in [-0.25, -0.2) is 0 Å². The van der Waals surface area contributed by atoms with E-state index in [-0.39, 0.29) is 28.4 Å². The van der Waals surface area contributed by atoms with Crippen molar-refractivity contribution in [2.24, 2.45) is 7.05 Å². The molecule has 31 heavy (non-hydrogen) atoms. The number of phenolic OH excluding ortho intramolecular Hbond substituents is 1. The van der Waals surface area contributed by atoms with E-state index in [9.17, 15) is 19.5 Å². The van der Waals surface area contributed by atoms with Gasteiger partial charge in [0, 0.05) is 20.6 Å². The highest BCUT2D eigenvalue weighted by molar-refractivity contribution is 5.99. The van der Waals surface area contributed by atoms with Crippen molar-refractivity contribution < 1.29 is 9.90 Å². The van der Waals surface area contributed by atoms with Crippen molar-refractivity contribution >= 4 is 23.0 Å². The lowest BCUT2D eigenvalue weighted by molar-refractivity contribution is 0.0960. The van der Waals surface area contributed by atoms with Gasteiger partial charge in [-0.3, -0.25) is 24.2 Å². The van der Waals surface area contributed by atoms with Crippen molar-refractivity contribution in [1.82, 2.24) is 15.1 Å². The molecule has 0 saturated heterocycles. The Balaban J connectivity index is 0.00000166. The first-order valence-electron chi connectivity index (χ1n) is 9.84. The summed E-state index contributed by atoms with van der Waals surface area (Å²) in [6, 6.07) is 13.9. The van der Waals surface area contributed by atoms with E-state index in [1.54, 1.807) is 6.07 Å². The van der Waals surface area contributed by atoms with Gasteiger partial charge in [-0.15, -0.1) is 0 Å². The molecule has 0 saturated carbocycles. The number of carbonyl (C=O) groups is 1. The second kappa shape index (κ2) is 10.7. The number of nitrogens with one attached hydrogen (secondary N) is 4. The molecule has 0 bridgehead atoms. The predicted octanol–water partition coefficient (Wildman–Crippen LogP) is 2.52. The molecule has 5 N–H and O–H groups in total. The molecule has 1 aromatic heterocycles. The molecule has 9 heteroatoms. The van der Waals surface area contributed by atoms with Crippen LogP contribution in [0.5, 0.6) is 5.75 Å². The minimum atomic E-state index is -0.509. The van der Waals surface area contributed by atoms with E-state index in [1.807, 2.05) is 44.2 Å². The highest BCUT2D eigenvalue weighted by Crippen LogP contribution is 2.30. The topological polar surface area (TPSA) is 128 Å². The van der Waals surface area contributed by atoms with Gasteiger partial charge in [0.15, 0.2) is 5.75 Å². The highest BCUT2D eigenvalue weighted by atomic mass is 16.3. The standard InChI is InChI=1S/C20H21N5O4.C2H6/c1-21-18(27)13-9-6-10-14(17(13)26)23-16-15(19(28)24-25(2)20(16)29)22-11-12-7-4-3-5-8-12;1-2/h3-10,22-23,26H,11H2,1-2H3,(H,21,27)(H,24,28);1-2H3. The van der Waals surface area contributed by atoms with Gasteiger partial charge in [-0.2, -0.15) is 0 Å². The summed E-state index contributed by atoms with van der Waals surface area (Å²) in [5.74, 6) is -0.810. The number of nitrogens with zero attached hydrogens (tertiary/aromatic N) is 1. The zero-order valence-corrected chi connectivity index (χ0v) is 17.9. The number of para-hydroxylation sites is 1. The zero-order chi connectivity index (χ0) is 23.0. The number of phenols is 1. The molecule has 3 aromatic rings. The van der Waals surface area contributed by atoms with Crippen LogP contribution in [0.3, 0.4) is 0 Å². The molecule has 164 valence electrons. The third-order valence-electron chi connectivity index (χ3n) is 4.34. The van der Waals surface area contributed by atoms with Gasteiger partial charge in [0.05, 0.1) is 11.3 Å². The Morgan fingerprint density at radius 3 is 2.35 bits per heavy atom. The normalized spacial score (nSPS) is 9.94. The van der Waals surface area contributed by atoms with Crippen LogP contribution in [0.25, 0.3) is 0 Å². The maximum Gasteiger partial charge on any atom is 0.290 e. The van der Waals surface area contributed by atoms with Gasteiger partial charge in [0.2, 0.25) is 0 Å². The number of H-pyrrole nitrogens is 1. The number of hydrogen-bond donors (Lipinski definition) is 5. The fourth-order valence-corrected chi connectivity index (χ4v) is 2.82. The summed E-state index contributed by atoms with van der Waals surface area (Å²) in [7, 11) is 2.86. The van der Waals surface area contributed by atoms with Crippen LogP contribution < -0.4 is 27.1 Å². The Morgan fingerprint density at radius 2 is 1.71 bits per heavy atom. The number of amides is 1. The smallest absolute Gasteiger partial charge is 0.290 e. The molecule has 0 atom stereocenters. The Labute approximate surface area is 179 Å². The summed E-state index contributed by atoms with van der Waals surface area (Å²) in [6.07, 6.45) is 0. The average Bonchev–Trinajstić information content (AvgIpc) is 2.79. The molecule has 0 aliphatic carbocycles. The van der Waals surface area contributed by atoms with Crippen molar-refractivity contribution in [2.75, 3.05) is 17.7 Å². The Kier molecular flexibility index (Phi) is 8.01. The van der Waals surface area contributed by atoms with Crippen LogP contribution in [0.15, 0.2) is 58.1 Å². The first-order chi connectivity index (χ1) is 14.9. The number of anilines is 3. The third-order valence-corrected chi connectivity index (χ3v) is 4.34. The molecule has 9 nitrogen and oxygen atoms in total. The third kappa shape index (κ3) is 5.33.